The Morgan fingerprint density at radius 1 is 1.24 bits per heavy atom. The van der Waals surface area contributed by atoms with Gasteiger partial charge in [-0.05, 0) is 32.9 Å². The van der Waals surface area contributed by atoms with Crippen LogP contribution in [0.2, 0.25) is 0 Å². The molecule has 2 rings (SSSR count). The minimum absolute atomic E-state index is 0.214. The van der Waals surface area contributed by atoms with Gasteiger partial charge in [0.15, 0.2) is 0 Å². The van der Waals surface area contributed by atoms with Crippen LogP contribution in [0.4, 0.5) is 5.69 Å². The molecule has 6 nitrogen and oxygen atoms in total. The van der Waals surface area contributed by atoms with E-state index in [0.717, 1.165) is 5.56 Å². The molecule has 0 radical (unpaired) electrons. The standard InChI is InChI=1S/C14H19N3O3S/c1-9-14(11(3)20-16-9)10(2)17-21(18,19)13-8-6-5-7-12(13)15-4/h5-8,10,15,17H,1-4H3. The van der Waals surface area contributed by atoms with Crippen molar-refractivity contribution in [2.75, 3.05) is 12.4 Å². The first-order valence-electron chi connectivity index (χ1n) is 6.58. The maximum absolute atomic E-state index is 12.5. The highest BCUT2D eigenvalue weighted by molar-refractivity contribution is 7.89. The fourth-order valence-electron chi connectivity index (χ4n) is 2.37. The third-order valence-electron chi connectivity index (χ3n) is 3.30. The molecule has 1 atom stereocenters. The normalized spacial score (nSPS) is 13.1. The molecule has 0 aliphatic carbocycles. The second-order valence-corrected chi connectivity index (χ2v) is 6.51. The molecule has 0 amide bonds. The lowest BCUT2D eigenvalue weighted by atomic mass is 10.1. The molecule has 0 aliphatic rings. The van der Waals surface area contributed by atoms with Gasteiger partial charge in [-0.3, -0.25) is 0 Å². The predicted molar refractivity (Wildman–Crippen MR) is 80.7 cm³/mol. The number of rotatable bonds is 5. The van der Waals surface area contributed by atoms with Crippen molar-refractivity contribution in [1.82, 2.24) is 9.88 Å². The maximum Gasteiger partial charge on any atom is 0.243 e. The van der Waals surface area contributed by atoms with E-state index in [9.17, 15) is 8.42 Å². The Hall–Kier alpha value is -1.86. The van der Waals surface area contributed by atoms with Gasteiger partial charge >= 0.3 is 0 Å². The fraction of sp³-hybridized carbons (Fsp3) is 0.357. The molecule has 0 fully saturated rings. The van der Waals surface area contributed by atoms with Crippen molar-refractivity contribution in [2.45, 2.75) is 31.7 Å². The highest BCUT2D eigenvalue weighted by Crippen LogP contribution is 2.25. The Bertz CT molecular complexity index is 718. The molecule has 114 valence electrons. The fourth-order valence-corrected chi connectivity index (χ4v) is 3.80. The first-order chi connectivity index (χ1) is 9.86. The highest BCUT2D eigenvalue weighted by atomic mass is 32.2. The maximum atomic E-state index is 12.5. The van der Waals surface area contributed by atoms with Crippen LogP contribution in [0, 0.1) is 13.8 Å². The van der Waals surface area contributed by atoms with Crippen LogP contribution in [0.15, 0.2) is 33.7 Å². The van der Waals surface area contributed by atoms with Crippen molar-refractivity contribution in [3.05, 3.63) is 41.3 Å². The highest BCUT2D eigenvalue weighted by Gasteiger charge is 2.24. The number of hydrogen-bond donors (Lipinski definition) is 2. The number of aryl methyl sites for hydroxylation is 2. The first kappa shape index (κ1) is 15.5. The molecule has 0 aliphatic heterocycles. The minimum Gasteiger partial charge on any atom is -0.387 e. The Labute approximate surface area is 124 Å². The summed E-state index contributed by atoms with van der Waals surface area (Å²) in [4.78, 5) is 0.214. The molecule has 1 unspecified atom stereocenters. The molecule has 2 N–H and O–H groups in total. The smallest absolute Gasteiger partial charge is 0.243 e. The van der Waals surface area contributed by atoms with Crippen LogP contribution in [0.1, 0.15) is 30.0 Å². The first-order valence-corrected chi connectivity index (χ1v) is 8.07. The van der Waals surface area contributed by atoms with Gasteiger partial charge in [0.1, 0.15) is 10.7 Å². The summed E-state index contributed by atoms with van der Waals surface area (Å²) in [6, 6.07) is 6.33. The van der Waals surface area contributed by atoms with Crippen LogP contribution >= 0.6 is 0 Å². The number of benzene rings is 1. The number of sulfonamides is 1. The molecular weight excluding hydrogens is 290 g/mol. The second kappa shape index (κ2) is 5.87. The lowest BCUT2D eigenvalue weighted by Gasteiger charge is -2.16. The van der Waals surface area contributed by atoms with Crippen LogP contribution < -0.4 is 10.0 Å². The Balaban J connectivity index is 2.34. The quantitative estimate of drug-likeness (QED) is 0.886. The largest absolute Gasteiger partial charge is 0.387 e. The zero-order valence-corrected chi connectivity index (χ0v) is 13.3. The number of para-hydroxylation sites is 1. The average molecular weight is 309 g/mol. The summed E-state index contributed by atoms with van der Waals surface area (Å²) in [6.07, 6.45) is 0. The monoisotopic (exact) mass is 309 g/mol. The van der Waals surface area contributed by atoms with Gasteiger partial charge in [0.25, 0.3) is 0 Å². The third kappa shape index (κ3) is 3.08. The Morgan fingerprint density at radius 3 is 2.48 bits per heavy atom. The van der Waals surface area contributed by atoms with Crippen LogP contribution in [0.5, 0.6) is 0 Å². The van der Waals surface area contributed by atoms with Gasteiger partial charge < -0.3 is 9.84 Å². The van der Waals surface area contributed by atoms with Crippen molar-refractivity contribution >= 4 is 15.7 Å². The van der Waals surface area contributed by atoms with Crippen molar-refractivity contribution in [3.8, 4) is 0 Å². The van der Waals surface area contributed by atoms with Crippen molar-refractivity contribution < 1.29 is 12.9 Å². The summed E-state index contributed by atoms with van der Waals surface area (Å²) in [7, 11) is -1.96. The molecule has 1 aromatic carbocycles. The van der Waals surface area contributed by atoms with Gasteiger partial charge in [0.2, 0.25) is 10.0 Å². The van der Waals surface area contributed by atoms with Gasteiger partial charge in [-0.15, -0.1) is 0 Å². The average Bonchev–Trinajstić information content (AvgIpc) is 2.77. The molecule has 2 aromatic rings. The summed E-state index contributed by atoms with van der Waals surface area (Å²) < 4.78 is 32.8. The number of nitrogens with one attached hydrogen (secondary N) is 2. The molecule has 1 heterocycles. The van der Waals surface area contributed by atoms with Gasteiger partial charge in [-0.1, -0.05) is 17.3 Å². The summed E-state index contributed by atoms with van der Waals surface area (Å²) in [5.41, 5.74) is 2.00. The van der Waals surface area contributed by atoms with E-state index in [2.05, 4.69) is 15.2 Å². The summed E-state index contributed by atoms with van der Waals surface area (Å²) in [6.45, 7) is 5.33. The molecule has 0 bridgehead atoms. The topological polar surface area (TPSA) is 84.2 Å². The van der Waals surface area contributed by atoms with E-state index in [0.29, 0.717) is 17.1 Å². The lowest BCUT2D eigenvalue weighted by Crippen LogP contribution is -2.28. The predicted octanol–water partition coefficient (Wildman–Crippen LogP) is 2.37. The van der Waals surface area contributed by atoms with Crippen molar-refractivity contribution in [2.24, 2.45) is 0 Å². The zero-order valence-electron chi connectivity index (χ0n) is 12.5. The summed E-state index contributed by atoms with van der Waals surface area (Å²) in [5, 5.41) is 6.73. The third-order valence-corrected chi connectivity index (χ3v) is 4.90. The number of nitrogens with zero attached hydrogens (tertiary/aromatic N) is 1. The number of hydrogen-bond acceptors (Lipinski definition) is 5. The van der Waals surface area contributed by atoms with Crippen molar-refractivity contribution in [1.29, 1.82) is 0 Å². The van der Waals surface area contributed by atoms with Crippen molar-refractivity contribution in [3.63, 3.8) is 0 Å². The van der Waals surface area contributed by atoms with E-state index >= 15 is 0 Å². The van der Waals surface area contributed by atoms with Gasteiger partial charge in [0, 0.05) is 18.7 Å². The number of anilines is 1. The molecular formula is C14H19N3O3S. The van der Waals surface area contributed by atoms with E-state index in [1.165, 1.54) is 0 Å². The van der Waals surface area contributed by atoms with E-state index < -0.39 is 16.1 Å². The van der Waals surface area contributed by atoms with Crippen LogP contribution in [0.3, 0.4) is 0 Å². The SMILES string of the molecule is CNc1ccccc1S(=O)(=O)NC(C)c1c(C)noc1C. The summed E-state index contributed by atoms with van der Waals surface area (Å²) in [5.74, 6) is 0.615. The van der Waals surface area contributed by atoms with Gasteiger partial charge in [-0.2, -0.15) is 0 Å². The number of aromatic nitrogens is 1. The molecule has 21 heavy (non-hydrogen) atoms. The molecule has 1 aromatic heterocycles. The van der Waals surface area contributed by atoms with E-state index in [1.807, 2.05) is 0 Å². The molecule has 7 heteroatoms. The zero-order chi connectivity index (χ0) is 15.6. The Morgan fingerprint density at radius 2 is 1.90 bits per heavy atom. The minimum atomic E-state index is -3.64. The van der Waals surface area contributed by atoms with Gasteiger partial charge in [0.05, 0.1) is 11.4 Å². The Kier molecular flexibility index (Phi) is 4.34. The lowest BCUT2D eigenvalue weighted by molar-refractivity contribution is 0.391. The van der Waals surface area contributed by atoms with E-state index in [1.54, 1.807) is 52.1 Å². The second-order valence-electron chi connectivity index (χ2n) is 4.83. The molecule has 0 saturated heterocycles. The molecule has 0 saturated carbocycles. The molecule has 0 spiro atoms. The van der Waals surface area contributed by atoms with E-state index in [4.69, 9.17) is 4.52 Å². The van der Waals surface area contributed by atoms with Gasteiger partial charge in [-0.25, -0.2) is 13.1 Å². The van der Waals surface area contributed by atoms with Crippen LogP contribution in [-0.4, -0.2) is 20.6 Å². The van der Waals surface area contributed by atoms with E-state index in [-0.39, 0.29) is 4.90 Å². The van der Waals surface area contributed by atoms with Crippen LogP contribution in [-0.2, 0) is 10.0 Å². The summed E-state index contributed by atoms with van der Waals surface area (Å²) >= 11 is 0. The van der Waals surface area contributed by atoms with Crippen LogP contribution in [0.25, 0.3) is 0 Å².